The van der Waals surface area contributed by atoms with Crippen molar-refractivity contribution < 1.29 is 38.0 Å². The van der Waals surface area contributed by atoms with E-state index in [1.807, 2.05) is 0 Å². The highest BCUT2D eigenvalue weighted by molar-refractivity contribution is 5.80. The van der Waals surface area contributed by atoms with Crippen LogP contribution in [0.5, 0.6) is 0 Å². The van der Waals surface area contributed by atoms with E-state index in [-0.39, 0.29) is 12.0 Å². The van der Waals surface area contributed by atoms with Crippen LogP contribution in [-0.4, -0.2) is 111 Å². The topological polar surface area (TPSA) is 120 Å². The van der Waals surface area contributed by atoms with E-state index in [0.29, 0.717) is 105 Å². The average Bonchev–Trinajstić information content (AvgIpc) is 3.26. The molecule has 0 rings (SSSR count). The Morgan fingerprint density at radius 2 is 0.746 bits per heavy atom. The minimum atomic E-state index is -0.388. The van der Waals surface area contributed by atoms with Crippen LogP contribution >= 0.6 is 0 Å². The fourth-order valence-corrected chi connectivity index (χ4v) is 7.98. The molecule has 1 amide bonds. The zero-order valence-corrected chi connectivity index (χ0v) is 42.7. The Kier molecular flexibility index (Phi) is 49.9. The van der Waals surface area contributed by atoms with Crippen LogP contribution in [0.1, 0.15) is 208 Å². The summed E-state index contributed by atoms with van der Waals surface area (Å²) in [6.45, 7) is 22.0. The van der Waals surface area contributed by atoms with Crippen molar-refractivity contribution in [3.05, 3.63) is 0 Å². The van der Waals surface area contributed by atoms with Crippen molar-refractivity contribution in [2.75, 3.05) is 99.0 Å². The number of ether oxygens (including phenoxy) is 7. The van der Waals surface area contributed by atoms with Gasteiger partial charge in [0.25, 0.3) is 0 Å². The fourth-order valence-electron chi connectivity index (χ4n) is 7.98. The van der Waals surface area contributed by atoms with Crippen molar-refractivity contribution in [2.45, 2.75) is 215 Å². The van der Waals surface area contributed by atoms with Gasteiger partial charge in [0, 0.05) is 19.7 Å². The number of rotatable bonds is 53. The number of amides is 1. The van der Waals surface area contributed by atoms with Crippen LogP contribution in [0.15, 0.2) is 0 Å². The van der Waals surface area contributed by atoms with E-state index in [0.717, 1.165) is 37.0 Å². The zero-order valence-electron chi connectivity index (χ0n) is 42.7. The smallest absolute Gasteiger partial charge is 0.249 e. The molecule has 0 aromatic carbocycles. The summed E-state index contributed by atoms with van der Waals surface area (Å²) in [5.41, 5.74) is 5.38. The average molecular weight is 901 g/mol. The molecule has 10 nitrogen and oxygen atoms in total. The molecular formula is C53H108N2O8. The van der Waals surface area contributed by atoms with Gasteiger partial charge in [-0.05, 0) is 36.5 Å². The van der Waals surface area contributed by atoms with E-state index in [1.165, 1.54) is 148 Å². The Hall–Kier alpha value is -0.850. The first-order chi connectivity index (χ1) is 30.8. The maximum Gasteiger partial charge on any atom is 0.249 e. The minimum absolute atomic E-state index is 0.00230. The fraction of sp³-hybridized carbons (Fsp3) is 0.981. The number of hydrogen-bond donors (Lipinski definition) is 2. The van der Waals surface area contributed by atoms with Crippen LogP contribution in [0, 0.1) is 23.7 Å². The van der Waals surface area contributed by atoms with E-state index in [2.05, 4.69) is 46.9 Å². The molecule has 378 valence electrons. The molecule has 0 saturated heterocycles. The highest BCUT2D eigenvalue weighted by atomic mass is 16.6. The lowest BCUT2D eigenvalue weighted by atomic mass is 9.91. The quantitative estimate of drug-likeness (QED) is 0.0575. The molecule has 0 heterocycles. The molecule has 0 saturated carbocycles. The van der Waals surface area contributed by atoms with Gasteiger partial charge in [-0.1, -0.05) is 196 Å². The predicted molar refractivity (Wildman–Crippen MR) is 265 cm³/mol. The molecule has 0 aliphatic carbocycles. The summed E-state index contributed by atoms with van der Waals surface area (Å²) in [4.78, 5) is 13.3. The van der Waals surface area contributed by atoms with E-state index >= 15 is 0 Å². The molecular weight excluding hydrogens is 793 g/mol. The second-order valence-corrected chi connectivity index (χ2v) is 19.1. The molecule has 63 heavy (non-hydrogen) atoms. The first-order valence-corrected chi connectivity index (χ1v) is 26.9. The van der Waals surface area contributed by atoms with Crippen molar-refractivity contribution in [3.8, 4) is 0 Å². The number of hydrogen-bond acceptors (Lipinski definition) is 9. The van der Waals surface area contributed by atoms with E-state index in [9.17, 15) is 4.79 Å². The Labute approximate surface area is 391 Å². The lowest BCUT2D eigenvalue weighted by Gasteiger charge is -2.20. The Morgan fingerprint density at radius 1 is 0.397 bits per heavy atom. The number of nitrogens with one attached hydrogen (secondary N) is 1. The van der Waals surface area contributed by atoms with Crippen molar-refractivity contribution in [1.82, 2.24) is 5.32 Å². The van der Waals surface area contributed by atoms with Gasteiger partial charge in [-0.25, -0.2) is 0 Å². The van der Waals surface area contributed by atoms with E-state index in [4.69, 9.17) is 38.9 Å². The summed E-state index contributed by atoms with van der Waals surface area (Å²) >= 11 is 0. The van der Waals surface area contributed by atoms with Gasteiger partial charge in [-0.15, -0.1) is 0 Å². The molecule has 0 aromatic heterocycles. The number of unbranched alkanes of at least 4 members (excludes halogenated alkanes) is 14. The normalized spacial score (nSPS) is 13.8. The number of carbonyl (C=O) groups excluding carboxylic acids is 1. The van der Waals surface area contributed by atoms with Crippen LogP contribution < -0.4 is 11.1 Å². The summed E-state index contributed by atoms with van der Waals surface area (Å²) in [5, 5.41) is 3.09. The van der Waals surface area contributed by atoms with Crippen molar-refractivity contribution in [1.29, 1.82) is 0 Å². The number of nitrogens with two attached hydrogens (primary N) is 1. The molecule has 10 heteroatoms. The molecule has 0 aliphatic heterocycles. The molecule has 0 aromatic rings. The minimum Gasteiger partial charge on any atom is -0.378 e. The highest BCUT2D eigenvalue weighted by Gasteiger charge is 2.19. The predicted octanol–water partition coefficient (Wildman–Crippen LogP) is 12.3. The van der Waals surface area contributed by atoms with Gasteiger partial charge in [-0.2, -0.15) is 0 Å². The third kappa shape index (κ3) is 48.9. The highest BCUT2D eigenvalue weighted by Crippen LogP contribution is 2.23. The van der Waals surface area contributed by atoms with Crippen LogP contribution in [0.3, 0.4) is 0 Å². The van der Waals surface area contributed by atoms with Gasteiger partial charge >= 0.3 is 0 Å². The van der Waals surface area contributed by atoms with Crippen molar-refractivity contribution in [3.63, 3.8) is 0 Å². The molecule has 0 spiro atoms. The summed E-state index contributed by atoms with van der Waals surface area (Å²) in [6.07, 6.45) is 33.6. The van der Waals surface area contributed by atoms with Gasteiger partial charge in [0.1, 0.15) is 6.10 Å². The summed E-state index contributed by atoms with van der Waals surface area (Å²) in [6, 6.07) is 0. The number of carbonyl (C=O) groups is 1. The maximum absolute atomic E-state index is 13.3. The monoisotopic (exact) mass is 901 g/mol. The van der Waals surface area contributed by atoms with Gasteiger partial charge in [0.2, 0.25) is 5.91 Å². The Morgan fingerprint density at radius 3 is 1.14 bits per heavy atom. The zero-order chi connectivity index (χ0) is 46.1. The van der Waals surface area contributed by atoms with Crippen LogP contribution in [0.4, 0.5) is 0 Å². The first kappa shape index (κ1) is 62.1. The molecule has 4 unspecified atom stereocenters. The third-order valence-electron chi connectivity index (χ3n) is 12.2. The van der Waals surface area contributed by atoms with Gasteiger partial charge in [0.05, 0.1) is 79.3 Å². The van der Waals surface area contributed by atoms with E-state index in [1.54, 1.807) is 0 Å². The summed E-state index contributed by atoms with van der Waals surface area (Å²) in [5.74, 6) is 3.11. The summed E-state index contributed by atoms with van der Waals surface area (Å²) in [7, 11) is 0. The standard InChI is InChI=1S/C53H108N2O8/c1-7-8-9-10-11-12-13-14-15-16-17-18-19-20-21-31-52(63-35-32-51(6)30-24-29-50(5)28-23-27-49(4)26-22-25-48(2)3)53(56)55-34-37-58-39-41-60-43-45-62-47-46-61-44-42-59-40-38-57-36-33-54/h48-52H,7-47,54H2,1-6H3,(H,55,56). The van der Waals surface area contributed by atoms with Gasteiger partial charge in [0.15, 0.2) is 0 Å². The molecule has 0 aliphatic rings. The van der Waals surface area contributed by atoms with Gasteiger partial charge < -0.3 is 44.2 Å². The summed E-state index contributed by atoms with van der Waals surface area (Å²) < 4.78 is 39.4. The van der Waals surface area contributed by atoms with Crippen LogP contribution in [0.2, 0.25) is 0 Å². The molecule has 0 bridgehead atoms. The van der Waals surface area contributed by atoms with Gasteiger partial charge in [-0.3, -0.25) is 4.79 Å². The second kappa shape index (κ2) is 50.6. The first-order valence-electron chi connectivity index (χ1n) is 26.9. The van der Waals surface area contributed by atoms with Crippen molar-refractivity contribution in [2.24, 2.45) is 29.4 Å². The SMILES string of the molecule is CCCCCCCCCCCCCCCCCC(OCCC(C)CCCC(C)CCCC(C)CCCC(C)C)C(=O)NCCOCCOCCOCCOCCOCCOCCN. The van der Waals surface area contributed by atoms with Crippen LogP contribution in [-0.2, 0) is 38.0 Å². The Bertz CT molecular complexity index is 899. The van der Waals surface area contributed by atoms with Crippen molar-refractivity contribution >= 4 is 5.91 Å². The maximum atomic E-state index is 13.3. The lowest BCUT2D eigenvalue weighted by Crippen LogP contribution is -2.38. The van der Waals surface area contributed by atoms with E-state index < -0.39 is 0 Å². The van der Waals surface area contributed by atoms with Crippen LogP contribution in [0.25, 0.3) is 0 Å². The Balaban J connectivity index is 4.27. The third-order valence-corrected chi connectivity index (χ3v) is 12.2. The largest absolute Gasteiger partial charge is 0.378 e. The molecule has 4 atom stereocenters. The molecule has 0 radical (unpaired) electrons. The molecule has 3 N–H and O–H groups in total. The second-order valence-electron chi connectivity index (χ2n) is 19.1. The molecule has 0 fully saturated rings. The lowest BCUT2D eigenvalue weighted by molar-refractivity contribution is -0.133.